The molecular formula is C23H20N4O2. The van der Waals surface area contributed by atoms with E-state index in [4.69, 9.17) is 0 Å². The van der Waals surface area contributed by atoms with Gasteiger partial charge < -0.3 is 10.1 Å². The summed E-state index contributed by atoms with van der Waals surface area (Å²) in [5, 5.41) is 18.7. The highest BCUT2D eigenvalue weighted by Gasteiger charge is 2.31. The van der Waals surface area contributed by atoms with Crippen LogP contribution in [0.4, 0.5) is 11.4 Å². The molecule has 1 aliphatic heterocycles. The molecule has 0 saturated heterocycles. The van der Waals surface area contributed by atoms with Crippen molar-refractivity contribution < 1.29 is 9.90 Å². The number of anilines is 2. The Morgan fingerprint density at radius 1 is 1.14 bits per heavy atom. The highest BCUT2D eigenvalue weighted by molar-refractivity contribution is 6.10. The summed E-state index contributed by atoms with van der Waals surface area (Å²) in [5.41, 5.74) is 9.45. The molecule has 144 valence electrons. The quantitative estimate of drug-likeness (QED) is 0.458. The minimum atomic E-state index is 0.0227. The standard InChI is InChI=1S/C23H20N4O2/c1-12-16-6-3-7-17-18-11-20-13(8-19(18)24-22(17)23(16)26-25-12)9-21(29)27(20)14-4-2-5-15(28)10-14/h2,4-5,8,10-11,24,28H,3,6-7,9H2,1H3,(H,25,26). The van der Waals surface area contributed by atoms with Crippen LogP contribution in [0.2, 0.25) is 0 Å². The molecule has 1 aliphatic carbocycles. The van der Waals surface area contributed by atoms with Crippen LogP contribution in [-0.2, 0) is 24.1 Å². The minimum absolute atomic E-state index is 0.0227. The van der Waals surface area contributed by atoms with Gasteiger partial charge >= 0.3 is 0 Å². The second-order valence-corrected chi connectivity index (χ2v) is 7.96. The summed E-state index contributed by atoms with van der Waals surface area (Å²) in [5.74, 6) is 0.177. The van der Waals surface area contributed by atoms with Crippen LogP contribution in [0.15, 0.2) is 36.4 Å². The van der Waals surface area contributed by atoms with E-state index < -0.39 is 0 Å². The number of nitrogens with one attached hydrogen (secondary N) is 2. The predicted octanol–water partition coefficient (Wildman–Crippen LogP) is 4.28. The van der Waals surface area contributed by atoms with Crippen molar-refractivity contribution in [3.8, 4) is 17.1 Å². The number of H-pyrrole nitrogens is 2. The number of hydrogen-bond donors (Lipinski definition) is 3. The molecule has 0 fully saturated rings. The molecule has 0 unspecified atom stereocenters. The third-order valence-electron chi connectivity index (χ3n) is 6.19. The number of fused-ring (bicyclic) bond motifs is 6. The molecular weight excluding hydrogens is 364 g/mol. The van der Waals surface area contributed by atoms with Gasteiger partial charge in [0.25, 0.3) is 0 Å². The molecule has 0 spiro atoms. The van der Waals surface area contributed by atoms with E-state index >= 15 is 0 Å². The minimum Gasteiger partial charge on any atom is -0.508 e. The van der Waals surface area contributed by atoms with Gasteiger partial charge in [0.1, 0.15) is 11.4 Å². The van der Waals surface area contributed by atoms with Gasteiger partial charge in [-0.05, 0) is 61.6 Å². The van der Waals surface area contributed by atoms with Gasteiger partial charge in [-0.15, -0.1) is 0 Å². The maximum absolute atomic E-state index is 12.8. The van der Waals surface area contributed by atoms with Crippen molar-refractivity contribution in [1.29, 1.82) is 0 Å². The van der Waals surface area contributed by atoms with Gasteiger partial charge in [-0.25, -0.2) is 0 Å². The molecule has 0 atom stereocenters. The Morgan fingerprint density at radius 2 is 2.00 bits per heavy atom. The summed E-state index contributed by atoms with van der Waals surface area (Å²) >= 11 is 0. The predicted molar refractivity (Wildman–Crippen MR) is 112 cm³/mol. The van der Waals surface area contributed by atoms with Gasteiger partial charge in [-0.1, -0.05) is 6.07 Å². The van der Waals surface area contributed by atoms with Crippen molar-refractivity contribution in [3.05, 3.63) is 58.8 Å². The summed E-state index contributed by atoms with van der Waals surface area (Å²) in [7, 11) is 0. The number of aromatic amines is 2. The van der Waals surface area contributed by atoms with E-state index in [2.05, 4.69) is 34.2 Å². The van der Waals surface area contributed by atoms with Crippen LogP contribution in [0.5, 0.6) is 5.75 Å². The van der Waals surface area contributed by atoms with Gasteiger partial charge in [0.15, 0.2) is 0 Å². The molecule has 0 saturated carbocycles. The maximum atomic E-state index is 12.8. The van der Waals surface area contributed by atoms with Crippen LogP contribution in [0.1, 0.15) is 28.8 Å². The number of phenolic OH excluding ortho intramolecular Hbond substituents is 1. The number of rotatable bonds is 1. The zero-order valence-corrected chi connectivity index (χ0v) is 16.0. The second kappa shape index (κ2) is 5.73. The molecule has 1 amide bonds. The summed E-state index contributed by atoms with van der Waals surface area (Å²) in [6.45, 7) is 2.08. The number of hydrogen-bond acceptors (Lipinski definition) is 3. The largest absolute Gasteiger partial charge is 0.508 e. The molecule has 3 heterocycles. The number of benzene rings is 2. The number of phenols is 1. The Bertz CT molecular complexity index is 1310. The summed E-state index contributed by atoms with van der Waals surface area (Å²) < 4.78 is 0. The van der Waals surface area contributed by atoms with E-state index in [1.807, 2.05) is 6.07 Å². The molecule has 2 aromatic carbocycles. The molecule has 29 heavy (non-hydrogen) atoms. The molecule has 2 aliphatic rings. The molecule has 6 heteroatoms. The van der Waals surface area contributed by atoms with Crippen LogP contribution in [-0.4, -0.2) is 26.2 Å². The number of amides is 1. The van der Waals surface area contributed by atoms with Crippen LogP contribution in [0.25, 0.3) is 22.3 Å². The number of aromatic nitrogens is 3. The smallest absolute Gasteiger partial charge is 0.236 e. The Kier molecular flexibility index (Phi) is 3.25. The van der Waals surface area contributed by atoms with E-state index in [0.29, 0.717) is 12.1 Å². The SMILES string of the molecule is Cc1[nH]nc2c1CCCc1c-2[nH]c2cc3c(cc12)N(c1cccc(O)c1)C(=O)C3. The van der Waals surface area contributed by atoms with Crippen LogP contribution in [0.3, 0.4) is 0 Å². The molecule has 4 aromatic rings. The second-order valence-electron chi connectivity index (χ2n) is 7.96. The Labute approximate surface area is 167 Å². The lowest BCUT2D eigenvalue weighted by Gasteiger charge is -2.18. The van der Waals surface area contributed by atoms with Crippen LogP contribution in [0, 0.1) is 6.92 Å². The van der Waals surface area contributed by atoms with E-state index in [1.54, 1.807) is 23.1 Å². The van der Waals surface area contributed by atoms with Gasteiger partial charge in [-0.3, -0.25) is 14.8 Å². The molecule has 0 radical (unpaired) electrons. The van der Waals surface area contributed by atoms with Gasteiger partial charge in [-0.2, -0.15) is 5.10 Å². The summed E-state index contributed by atoms with van der Waals surface area (Å²) in [6, 6.07) is 11.1. The van der Waals surface area contributed by atoms with Crippen molar-refractivity contribution in [2.75, 3.05) is 4.90 Å². The Balaban J connectivity index is 1.56. The van der Waals surface area contributed by atoms with Crippen molar-refractivity contribution in [2.24, 2.45) is 0 Å². The molecule has 6 rings (SSSR count). The van der Waals surface area contributed by atoms with Crippen molar-refractivity contribution >= 4 is 28.2 Å². The first-order valence-electron chi connectivity index (χ1n) is 9.94. The summed E-state index contributed by atoms with van der Waals surface area (Å²) in [4.78, 5) is 18.1. The lowest BCUT2D eigenvalue weighted by molar-refractivity contribution is -0.116. The van der Waals surface area contributed by atoms with E-state index in [1.165, 1.54) is 11.1 Å². The summed E-state index contributed by atoms with van der Waals surface area (Å²) in [6.07, 6.45) is 3.42. The number of aromatic hydroxyl groups is 1. The zero-order chi connectivity index (χ0) is 19.7. The zero-order valence-electron chi connectivity index (χ0n) is 16.0. The first kappa shape index (κ1) is 16.4. The monoisotopic (exact) mass is 384 g/mol. The van der Waals surface area contributed by atoms with Gasteiger partial charge in [0.2, 0.25) is 5.91 Å². The Hall–Kier alpha value is -3.54. The molecule has 0 bridgehead atoms. The fourth-order valence-corrected chi connectivity index (χ4v) is 4.84. The molecule has 2 aromatic heterocycles. The highest BCUT2D eigenvalue weighted by Crippen LogP contribution is 2.42. The van der Waals surface area contributed by atoms with E-state index in [0.717, 1.165) is 58.5 Å². The Morgan fingerprint density at radius 3 is 2.86 bits per heavy atom. The average Bonchev–Trinajstić information content (AvgIpc) is 3.29. The first-order valence-corrected chi connectivity index (χ1v) is 9.94. The lowest BCUT2D eigenvalue weighted by Crippen LogP contribution is -2.20. The lowest BCUT2D eigenvalue weighted by atomic mass is 10.0. The van der Waals surface area contributed by atoms with Gasteiger partial charge in [0, 0.05) is 28.2 Å². The van der Waals surface area contributed by atoms with Crippen LogP contribution < -0.4 is 4.90 Å². The number of nitrogens with zero attached hydrogens (tertiary/aromatic N) is 2. The first-order chi connectivity index (χ1) is 14.1. The average molecular weight is 384 g/mol. The van der Waals surface area contributed by atoms with Crippen molar-refractivity contribution in [2.45, 2.75) is 32.6 Å². The number of aryl methyl sites for hydroxylation is 2. The third-order valence-corrected chi connectivity index (χ3v) is 6.19. The highest BCUT2D eigenvalue weighted by atomic mass is 16.3. The topological polar surface area (TPSA) is 85.0 Å². The third kappa shape index (κ3) is 2.29. The fraction of sp³-hybridized carbons (Fsp3) is 0.217. The van der Waals surface area contributed by atoms with E-state index in [-0.39, 0.29) is 11.7 Å². The van der Waals surface area contributed by atoms with Crippen LogP contribution >= 0.6 is 0 Å². The van der Waals surface area contributed by atoms with Crippen molar-refractivity contribution in [3.63, 3.8) is 0 Å². The van der Waals surface area contributed by atoms with E-state index in [9.17, 15) is 9.90 Å². The normalized spacial score (nSPS) is 15.3. The number of carbonyl (C=O) groups is 1. The van der Waals surface area contributed by atoms with Crippen molar-refractivity contribution in [1.82, 2.24) is 15.2 Å². The molecule has 3 N–H and O–H groups in total. The fourth-order valence-electron chi connectivity index (χ4n) is 4.84. The van der Waals surface area contributed by atoms with Gasteiger partial charge in [0.05, 0.1) is 23.5 Å². The maximum Gasteiger partial charge on any atom is 0.236 e. The number of carbonyl (C=O) groups excluding carboxylic acids is 1. The molecule has 6 nitrogen and oxygen atoms in total.